The van der Waals surface area contributed by atoms with Crippen LogP contribution in [0.3, 0.4) is 0 Å². The number of aryl methyl sites for hydroxylation is 1. The van der Waals surface area contributed by atoms with Crippen LogP contribution in [-0.4, -0.2) is 41.4 Å². The summed E-state index contributed by atoms with van der Waals surface area (Å²) in [6.07, 6.45) is 2.50. The van der Waals surface area contributed by atoms with Gasteiger partial charge in [0.1, 0.15) is 5.02 Å². The summed E-state index contributed by atoms with van der Waals surface area (Å²) in [5, 5.41) is 7.72. The van der Waals surface area contributed by atoms with Crippen molar-refractivity contribution >= 4 is 17.3 Å². The smallest absolute Gasteiger partial charge is 0.287 e. The fraction of sp³-hybridized carbons (Fsp3) is 0.714. The molecule has 0 saturated heterocycles. The van der Waals surface area contributed by atoms with Crippen LogP contribution < -0.4 is 10.9 Å². The van der Waals surface area contributed by atoms with Gasteiger partial charge in [0, 0.05) is 19.1 Å². The Morgan fingerprint density at radius 1 is 1.45 bits per heavy atom. The fourth-order valence-electron chi connectivity index (χ4n) is 1.95. The van der Waals surface area contributed by atoms with E-state index in [1.54, 1.807) is 6.20 Å². The molecule has 0 aliphatic rings. The number of hydrogen-bond acceptors (Lipinski definition) is 4. The van der Waals surface area contributed by atoms with Crippen molar-refractivity contribution in [3.63, 3.8) is 0 Å². The van der Waals surface area contributed by atoms with Gasteiger partial charge in [-0.3, -0.25) is 4.79 Å². The molecule has 0 fully saturated rings. The van der Waals surface area contributed by atoms with E-state index in [1.807, 2.05) is 21.0 Å². The highest BCUT2D eigenvalue weighted by atomic mass is 35.5. The second kappa shape index (κ2) is 7.64. The second-order valence-electron chi connectivity index (χ2n) is 5.66. The average molecular weight is 301 g/mol. The van der Waals surface area contributed by atoms with E-state index >= 15 is 0 Å². The Labute approximate surface area is 125 Å². The number of likely N-dealkylation sites (N-methyl/N-ethyl adjacent to an activating group) is 1. The Kier molecular flexibility index (Phi) is 6.49. The number of rotatable bonds is 7. The van der Waals surface area contributed by atoms with E-state index in [0.29, 0.717) is 18.2 Å². The molecule has 114 valence electrons. The summed E-state index contributed by atoms with van der Waals surface area (Å²) in [7, 11) is 4.05. The number of aromatic nitrogens is 2. The molecule has 1 rings (SSSR count). The molecule has 0 spiro atoms. The van der Waals surface area contributed by atoms with Crippen molar-refractivity contribution < 1.29 is 0 Å². The van der Waals surface area contributed by atoms with Gasteiger partial charge in [-0.25, -0.2) is 4.68 Å². The number of anilines is 1. The van der Waals surface area contributed by atoms with Gasteiger partial charge in [0.05, 0.1) is 11.9 Å². The van der Waals surface area contributed by atoms with Crippen LogP contribution in [0, 0.1) is 5.92 Å². The number of nitrogens with one attached hydrogen (secondary N) is 1. The second-order valence-corrected chi connectivity index (χ2v) is 6.04. The molecule has 0 aromatic carbocycles. The maximum Gasteiger partial charge on any atom is 0.287 e. The highest BCUT2D eigenvalue weighted by Gasteiger charge is 2.17. The summed E-state index contributed by atoms with van der Waals surface area (Å²) in [5.74, 6) is 0.423. The summed E-state index contributed by atoms with van der Waals surface area (Å²) in [5.41, 5.74) is 0.385. The zero-order chi connectivity index (χ0) is 15.3. The molecule has 0 amide bonds. The largest absolute Gasteiger partial charge is 0.378 e. The Morgan fingerprint density at radius 3 is 2.60 bits per heavy atom. The van der Waals surface area contributed by atoms with E-state index in [1.165, 1.54) is 4.68 Å². The highest BCUT2D eigenvalue weighted by Crippen LogP contribution is 2.19. The lowest BCUT2D eigenvalue weighted by molar-refractivity contribution is 0.344. The number of hydrogen-bond donors (Lipinski definition) is 1. The van der Waals surface area contributed by atoms with Crippen molar-refractivity contribution in [2.75, 3.05) is 26.0 Å². The first-order valence-electron chi connectivity index (χ1n) is 7.03. The molecule has 0 saturated carbocycles. The Balaban J connectivity index is 2.96. The number of nitrogens with zero attached hydrogens (tertiary/aromatic N) is 3. The SMILES string of the molecule is CCCn1ncc(NC(CN(C)C)C(C)C)c(Cl)c1=O. The predicted octanol–water partition coefficient (Wildman–Crippen LogP) is 2.30. The Bertz CT molecular complexity index is 485. The van der Waals surface area contributed by atoms with Crippen molar-refractivity contribution in [2.24, 2.45) is 5.92 Å². The lowest BCUT2D eigenvalue weighted by Gasteiger charge is -2.26. The zero-order valence-corrected chi connectivity index (χ0v) is 13.7. The van der Waals surface area contributed by atoms with Gasteiger partial charge in [0.2, 0.25) is 0 Å². The van der Waals surface area contributed by atoms with E-state index in [-0.39, 0.29) is 16.6 Å². The normalized spacial score (nSPS) is 13.0. The van der Waals surface area contributed by atoms with Crippen molar-refractivity contribution in [3.8, 4) is 0 Å². The van der Waals surface area contributed by atoms with E-state index in [9.17, 15) is 4.79 Å². The average Bonchev–Trinajstić information content (AvgIpc) is 2.36. The van der Waals surface area contributed by atoms with Crippen molar-refractivity contribution in [3.05, 3.63) is 21.6 Å². The van der Waals surface area contributed by atoms with Crippen LogP contribution in [0.2, 0.25) is 5.02 Å². The molecule has 1 aromatic heterocycles. The third-order valence-electron chi connectivity index (χ3n) is 3.13. The molecule has 6 heteroatoms. The lowest BCUT2D eigenvalue weighted by atomic mass is 10.0. The van der Waals surface area contributed by atoms with Gasteiger partial charge < -0.3 is 10.2 Å². The predicted molar refractivity (Wildman–Crippen MR) is 84.6 cm³/mol. The summed E-state index contributed by atoms with van der Waals surface area (Å²) in [4.78, 5) is 14.2. The van der Waals surface area contributed by atoms with E-state index in [0.717, 1.165) is 13.0 Å². The van der Waals surface area contributed by atoms with Crippen LogP contribution in [0.25, 0.3) is 0 Å². The van der Waals surface area contributed by atoms with Crippen molar-refractivity contribution in [1.29, 1.82) is 0 Å². The van der Waals surface area contributed by atoms with Crippen LogP contribution in [-0.2, 0) is 6.54 Å². The molecule has 0 aliphatic carbocycles. The molecule has 1 unspecified atom stereocenters. The van der Waals surface area contributed by atoms with Crippen LogP contribution >= 0.6 is 11.6 Å². The van der Waals surface area contributed by atoms with Gasteiger partial charge in [0.25, 0.3) is 5.56 Å². The summed E-state index contributed by atoms with van der Waals surface area (Å²) in [6, 6.07) is 0.214. The third kappa shape index (κ3) is 4.49. The van der Waals surface area contributed by atoms with Gasteiger partial charge in [-0.2, -0.15) is 5.10 Å². The van der Waals surface area contributed by atoms with E-state index in [4.69, 9.17) is 11.6 Å². The standard InChI is InChI=1S/C14H25ClN4O/c1-6-7-19-14(20)13(15)11(8-16-19)17-12(10(2)3)9-18(4)5/h8,10,12,17H,6-7,9H2,1-5H3. The maximum atomic E-state index is 12.1. The van der Waals surface area contributed by atoms with Crippen LogP contribution in [0.4, 0.5) is 5.69 Å². The first-order chi connectivity index (χ1) is 9.36. The quantitative estimate of drug-likeness (QED) is 0.839. The molecule has 20 heavy (non-hydrogen) atoms. The van der Waals surface area contributed by atoms with Gasteiger partial charge in [-0.15, -0.1) is 0 Å². The maximum absolute atomic E-state index is 12.1. The topological polar surface area (TPSA) is 50.2 Å². The van der Waals surface area contributed by atoms with Crippen molar-refractivity contribution in [2.45, 2.75) is 39.8 Å². The molecule has 1 N–H and O–H groups in total. The third-order valence-corrected chi connectivity index (χ3v) is 3.49. The summed E-state index contributed by atoms with van der Waals surface area (Å²) in [6.45, 7) is 7.73. The zero-order valence-electron chi connectivity index (χ0n) is 13.0. The minimum Gasteiger partial charge on any atom is -0.378 e. The molecule has 1 atom stereocenters. The van der Waals surface area contributed by atoms with Crippen LogP contribution in [0.15, 0.2) is 11.0 Å². The monoisotopic (exact) mass is 300 g/mol. The van der Waals surface area contributed by atoms with Gasteiger partial charge in [0.15, 0.2) is 0 Å². The van der Waals surface area contributed by atoms with Crippen LogP contribution in [0.1, 0.15) is 27.2 Å². The van der Waals surface area contributed by atoms with E-state index in [2.05, 4.69) is 29.2 Å². The summed E-state index contributed by atoms with van der Waals surface area (Å²) >= 11 is 6.17. The molecule has 0 radical (unpaired) electrons. The van der Waals surface area contributed by atoms with Gasteiger partial charge in [-0.05, 0) is 26.4 Å². The first kappa shape index (κ1) is 17.0. The van der Waals surface area contributed by atoms with Crippen LogP contribution in [0.5, 0.6) is 0 Å². The minimum atomic E-state index is -0.231. The molecule has 1 heterocycles. The molecule has 0 aliphatic heterocycles. The van der Waals surface area contributed by atoms with Gasteiger partial charge >= 0.3 is 0 Å². The van der Waals surface area contributed by atoms with Gasteiger partial charge in [-0.1, -0.05) is 32.4 Å². The molecular formula is C14H25ClN4O. The number of halogens is 1. The molecule has 5 nitrogen and oxygen atoms in total. The Hall–Kier alpha value is -1.07. The fourth-order valence-corrected chi connectivity index (χ4v) is 2.15. The minimum absolute atomic E-state index is 0.214. The highest BCUT2D eigenvalue weighted by molar-refractivity contribution is 6.32. The molecule has 0 bridgehead atoms. The Morgan fingerprint density at radius 2 is 2.10 bits per heavy atom. The first-order valence-corrected chi connectivity index (χ1v) is 7.41. The summed E-state index contributed by atoms with van der Waals surface area (Å²) < 4.78 is 1.41. The molecule has 1 aromatic rings. The van der Waals surface area contributed by atoms with Crippen molar-refractivity contribution in [1.82, 2.24) is 14.7 Å². The molecular weight excluding hydrogens is 276 g/mol. The lowest BCUT2D eigenvalue weighted by Crippen LogP contribution is -2.37. The van der Waals surface area contributed by atoms with E-state index < -0.39 is 0 Å².